The second kappa shape index (κ2) is 7.92. The van der Waals surface area contributed by atoms with Gasteiger partial charge in [-0.15, -0.1) is 0 Å². The van der Waals surface area contributed by atoms with Crippen molar-refractivity contribution < 1.29 is 19.5 Å². The first-order valence-electron chi connectivity index (χ1n) is 7.55. The summed E-state index contributed by atoms with van der Waals surface area (Å²) in [5, 5.41) is 14.4. The average Bonchev–Trinajstić information content (AvgIpc) is 2.55. The number of aromatic carboxylic acids is 1. The third kappa shape index (κ3) is 4.42. The Morgan fingerprint density at radius 1 is 1.00 bits per heavy atom. The van der Waals surface area contributed by atoms with Crippen LogP contribution >= 0.6 is 0 Å². The van der Waals surface area contributed by atoms with Gasteiger partial charge in [-0.25, -0.2) is 4.79 Å². The number of hydrogen-bond donors (Lipinski definition) is 3. The van der Waals surface area contributed by atoms with E-state index in [1.807, 2.05) is 6.92 Å². The fourth-order valence-corrected chi connectivity index (χ4v) is 2.16. The molecule has 0 aliphatic heterocycles. The van der Waals surface area contributed by atoms with E-state index in [0.29, 0.717) is 29.8 Å². The van der Waals surface area contributed by atoms with Crippen LogP contribution in [0.2, 0.25) is 0 Å². The molecule has 6 nitrogen and oxygen atoms in total. The molecule has 0 aromatic heterocycles. The zero-order valence-electron chi connectivity index (χ0n) is 13.2. The van der Waals surface area contributed by atoms with Crippen LogP contribution in [0, 0.1) is 0 Å². The van der Waals surface area contributed by atoms with Crippen LogP contribution in [0.1, 0.15) is 40.5 Å². The van der Waals surface area contributed by atoms with Crippen LogP contribution < -0.4 is 10.6 Å². The summed E-state index contributed by atoms with van der Waals surface area (Å²) in [6, 6.07) is 12.6. The second-order valence-corrected chi connectivity index (χ2v) is 5.18. The number of carboxylic acid groups (broad SMARTS) is 1. The molecule has 3 N–H and O–H groups in total. The summed E-state index contributed by atoms with van der Waals surface area (Å²) in [4.78, 5) is 35.2. The molecule has 2 aromatic rings. The molecule has 0 heterocycles. The van der Waals surface area contributed by atoms with E-state index in [1.54, 1.807) is 36.4 Å². The summed E-state index contributed by atoms with van der Waals surface area (Å²) in [5.74, 6) is -1.66. The fraction of sp³-hybridized carbons (Fsp3) is 0.167. The third-order valence-corrected chi connectivity index (χ3v) is 3.29. The average molecular weight is 326 g/mol. The maximum atomic E-state index is 12.4. The summed E-state index contributed by atoms with van der Waals surface area (Å²) in [5.41, 5.74) is 1.18. The number of carboxylic acids is 1. The highest BCUT2D eigenvalue weighted by Gasteiger charge is 2.13. The van der Waals surface area contributed by atoms with E-state index in [2.05, 4.69) is 10.6 Å². The third-order valence-electron chi connectivity index (χ3n) is 3.29. The van der Waals surface area contributed by atoms with Crippen molar-refractivity contribution in [1.82, 2.24) is 0 Å². The number of anilines is 2. The van der Waals surface area contributed by atoms with Crippen LogP contribution in [0.25, 0.3) is 0 Å². The Labute approximate surface area is 139 Å². The monoisotopic (exact) mass is 326 g/mol. The molecule has 0 atom stereocenters. The Bertz CT molecular complexity index is 771. The molecule has 0 bridgehead atoms. The lowest BCUT2D eigenvalue weighted by atomic mass is 10.1. The molecule has 0 saturated carbocycles. The lowest BCUT2D eigenvalue weighted by Crippen LogP contribution is -2.18. The number of benzene rings is 2. The topological polar surface area (TPSA) is 95.5 Å². The van der Waals surface area contributed by atoms with Gasteiger partial charge in [-0.05, 0) is 36.8 Å². The lowest BCUT2D eigenvalue weighted by molar-refractivity contribution is -0.116. The minimum absolute atomic E-state index is 0.0809. The largest absolute Gasteiger partial charge is 0.478 e. The van der Waals surface area contributed by atoms with Gasteiger partial charge in [-0.2, -0.15) is 0 Å². The highest BCUT2D eigenvalue weighted by molar-refractivity contribution is 6.10. The normalized spacial score (nSPS) is 10.0. The first-order valence-corrected chi connectivity index (χ1v) is 7.55. The van der Waals surface area contributed by atoms with Crippen LogP contribution in [-0.4, -0.2) is 22.9 Å². The van der Waals surface area contributed by atoms with Crippen LogP contribution in [-0.2, 0) is 4.79 Å². The summed E-state index contributed by atoms with van der Waals surface area (Å²) in [6.07, 6.45) is 1.08. The number of carbonyl (C=O) groups is 3. The van der Waals surface area contributed by atoms with Crippen molar-refractivity contribution in [2.24, 2.45) is 0 Å². The van der Waals surface area contributed by atoms with E-state index < -0.39 is 11.9 Å². The Hall–Kier alpha value is -3.15. The van der Waals surface area contributed by atoms with E-state index >= 15 is 0 Å². The van der Waals surface area contributed by atoms with Crippen LogP contribution in [0.4, 0.5) is 11.4 Å². The van der Waals surface area contributed by atoms with Gasteiger partial charge in [-0.3, -0.25) is 9.59 Å². The van der Waals surface area contributed by atoms with Gasteiger partial charge in [0.1, 0.15) is 0 Å². The van der Waals surface area contributed by atoms with Crippen molar-refractivity contribution in [3.63, 3.8) is 0 Å². The van der Waals surface area contributed by atoms with Gasteiger partial charge in [0.05, 0.1) is 16.8 Å². The quantitative estimate of drug-likeness (QED) is 0.758. The van der Waals surface area contributed by atoms with Crippen molar-refractivity contribution >= 4 is 29.2 Å². The zero-order valence-corrected chi connectivity index (χ0v) is 13.2. The van der Waals surface area contributed by atoms with Crippen LogP contribution in [0.3, 0.4) is 0 Å². The second-order valence-electron chi connectivity index (χ2n) is 5.18. The van der Waals surface area contributed by atoms with Gasteiger partial charge in [0.15, 0.2) is 0 Å². The predicted octanol–water partition coefficient (Wildman–Crippen LogP) is 3.38. The highest BCUT2D eigenvalue weighted by atomic mass is 16.4. The van der Waals surface area contributed by atoms with Crippen molar-refractivity contribution in [3.05, 3.63) is 59.7 Å². The van der Waals surface area contributed by atoms with Gasteiger partial charge in [0, 0.05) is 12.1 Å². The molecular weight excluding hydrogens is 308 g/mol. The van der Waals surface area contributed by atoms with E-state index in [1.165, 1.54) is 12.1 Å². The number of para-hydroxylation sites is 1. The fourth-order valence-electron chi connectivity index (χ4n) is 2.16. The SMILES string of the molecule is CCCC(=O)Nc1ccccc1C(=O)Nc1cccc(C(=O)O)c1. The molecule has 2 rings (SSSR count). The maximum absolute atomic E-state index is 12.4. The lowest BCUT2D eigenvalue weighted by Gasteiger charge is -2.11. The standard InChI is InChI=1S/C18H18N2O4/c1-2-6-16(21)20-15-10-4-3-9-14(15)17(22)19-13-8-5-7-12(11-13)18(23)24/h3-5,7-11H,2,6H2,1H3,(H,19,22)(H,20,21)(H,23,24). The van der Waals surface area contributed by atoms with Gasteiger partial charge in [-0.1, -0.05) is 25.1 Å². The molecule has 0 aliphatic rings. The molecule has 0 aliphatic carbocycles. The molecule has 124 valence electrons. The van der Waals surface area contributed by atoms with Gasteiger partial charge >= 0.3 is 5.97 Å². The predicted molar refractivity (Wildman–Crippen MR) is 91.3 cm³/mol. The molecule has 6 heteroatoms. The van der Waals surface area contributed by atoms with Crippen molar-refractivity contribution in [3.8, 4) is 0 Å². The molecule has 2 aromatic carbocycles. The first kappa shape index (κ1) is 17.2. The Kier molecular flexibility index (Phi) is 5.68. The number of amides is 2. The molecule has 24 heavy (non-hydrogen) atoms. The highest BCUT2D eigenvalue weighted by Crippen LogP contribution is 2.18. The van der Waals surface area contributed by atoms with Gasteiger partial charge in [0.25, 0.3) is 5.91 Å². The van der Waals surface area contributed by atoms with Crippen molar-refractivity contribution in [2.75, 3.05) is 10.6 Å². The smallest absolute Gasteiger partial charge is 0.335 e. The Morgan fingerprint density at radius 3 is 2.46 bits per heavy atom. The van der Waals surface area contributed by atoms with Gasteiger partial charge in [0.2, 0.25) is 5.91 Å². The molecule has 0 fully saturated rings. The zero-order chi connectivity index (χ0) is 17.5. The number of rotatable bonds is 6. The first-order chi connectivity index (χ1) is 11.5. The molecule has 0 spiro atoms. The van der Waals surface area contributed by atoms with Gasteiger partial charge < -0.3 is 15.7 Å². The Morgan fingerprint density at radius 2 is 1.75 bits per heavy atom. The number of carbonyl (C=O) groups excluding carboxylic acids is 2. The molecule has 2 amide bonds. The van der Waals surface area contributed by atoms with Crippen LogP contribution in [0.5, 0.6) is 0 Å². The summed E-state index contributed by atoms with van der Waals surface area (Å²) in [6.45, 7) is 1.90. The number of hydrogen-bond acceptors (Lipinski definition) is 3. The van der Waals surface area contributed by atoms with Crippen LogP contribution in [0.15, 0.2) is 48.5 Å². The van der Waals surface area contributed by atoms with E-state index in [0.717, 1.165) is 0 Å². The summed E-state index contributed by atoms with van der Waals surface area (Å²) < 4.78 is 0. The minimum atomic E-state index is -1.07. The summed E-state index contributed by atoms with van der Waals surface area (Å²) >= 11 is 0. The van der Waals surface area contributed by atoms with E-state index in [9.17, 15) is 14.4 Å². The van der Waals surface area contributed by atoms with Crippen molar-refractivity contribution in [1.29, 1.82) is 0 Å². The number of nitrogens with one attached hydrogen (secondary N) is 2. The molecule has 0 unspecified atom stereocenters. The molecule has 0 radical (unpaired) electrons. The summed E-state index contributed by atoms with van der Waals surface area (Å²) in [7, 11) is 0. The van der Waals surface area contributed by atoms with Crippen molar-refractivity contribution in [2.45, 2.75) is 19.8 Å². The minimum Gasteiger partial charge on any atom is -0.478 e. The maximum Gasteiger partial charge on any atom is 0.335 e. The molecular formula is C18H18N2O4. The van der Waals surface area contributed by atoms with E-state index in [4.69, 9.17) is 5.11 Å². The molecule has 0 saturated heterocycles. The Balaban J connectivity index is 2.19. The van der Waals surface area contributed by atoms with E-state index in [-0.39, 0.29) is 11.5 Å².